The zero-order valence-corrected chi connectivity index (χ0v) is 11.8. The molecule has 7 heteroatoms. The first-order valence-electron chi connectivity index (χ1n) is 6.36. The van der Waals surface area contributed by atoms with Gasteiger partial charge in [-0.25, -0.2) is 4.79 Å². The Hall–Kier alpha value is -2.15. The fourth-order valence-electron chi connectivity index (χ4n) is 1.83. The zero-order valence-electron chi connectivity index (χ0n) is 11.8. The van der Waals surface area contributed by atoms with Gasteiger partial charge in [0, 0.05) is 20.0 Å². The fraction of sp³-hybridized carbons (Fsp3) is 0.462. The van der Waals surface area contributed by atoms with Crippen molar-refractivity contribution in [1.29, 1.82) is 0 Å². The topological polar surface area (TPSA) is 82.2 Å². The summed E-state index contributed by atoms with van der Waals surface area (Å²) in [5.74, 6) is 1.36. The van der Waals surface area contributed by atoms with Crippen LogP contribution in [-0.4, -0.2) is 34.4 Å². The van der Waals surface area contributed by atoms with E-state index in [1.54, 1.807) is 18.5 Å². The van der Waals surface area contributed by atoms with Gasteiger partial charge in [0.05, 0.1) is 13.2 Å². The van der Waals surface area contributed by atoms with Crippen molar-refractivity contribution >= 4 is 5.97 Å². The summed E-state index contributed by atoms with van der Waals surface area (Å²) in [4.78, 5) is 11.3. The summed E-state index contributed by atoms with van der Waals surface area (Å²) < 4.78 is 11.9. The number of rotatable bonds is 6. The number of aryl methyl sites for hydroxylation is 1. The van der Waals surface area contributed by atoms with E-state index in [9.17, 15) is 4.79 Å². The van der Waals surface area contributed by atoms with E-state index >= 15 is 0 Å². The summed E-state index contributed by atoms with van der Waals surface area (Å²) in [5.41, 5.74) is 0. The Kier molecular flexibility index (Phi) is 4.52. The number of methoxy groups -OCH3 is 1. The molecule has 1 atom stereocenters. The molecule has 2 rings (SSSR count). The van der Waals surface area contributed by atoms with E-state index in [4.69, 9.17) is 4.42 Å². The van der Waals surface area contributed by atoms with Crippen LogP contribution in [0, 0.1) is 0 Å². The summed E-state index contributed by atoms with van der Waals surface area (Å²) >= 11 is 0. The Bertz CT molecular complexity index is 576. The monoisotopic (exact) mass is 278 g/mol. The summed E-state index contributed by atoms with van der Waals surface area (Å²) in [6, 6.07) is 3.38. The second-order valence-electron chi connectivity index (χ2n) is 4.48. The molecule has 0 aliphatic heterocycles. The van der Waals surface area contributed by atoms with E-state index < -0.39 is 5.97 Å². The molecule has 0 spiro atoms. The van der Waals surface area contributed by atoms with Crippen LogP contribution in [0.1, 0.15) is 35.1 Å². The summed E-state index contributed by atoms with van der Waals surface area (Å²) in [6.07, 6.45) is 2.44. The quantitative estimate of drug-likeness (QED) is 0.796. The van der Waals surface area contributed by atoms with E-state index in [-0.39, 0.29) is 11.8 Å². The molecule has 1 unspecified atom stereocenters. The Morgan fingerprint density at radius 2 is 2.35 bits per heavy atom. The summed E-state index contributed by atoms with van der Waals surface area (Å²) in [7, 11) is 3.24. The predicted molar refractivity (Wildman–Crippen MR) is 71.2 cm³/mol. The molecule has 0 aliphatic rings. The minimum atomic E-state index is -0.470. The molecule has 0 aromatic carbocycles. The van der Waals surface area contributed by atoms with Gasteiger partial charge in [0.2, 0.25) is 5.76 Å². The minimum Gasteiger partial charge on any atom is -0.463 e. The normalized spacial score (nSPS) is 12.3. The molecule has 0 bridgehead atoms. The molecule has 2 heterocycles. The molecular formula is C13H18N4O3. The lowest BCUT2D eigenvalue weighted by atomic mass is 10.2. The molecule has 0 saturated heterocycles. The molecule has 1 N–H and O–H groups in total. The summed E-state index contributed by atoms with van der Waals surface area (Å²) in [6.45, 7) is 2.71. The largest absolute Gasteiger partial charge is 0.463 e. The van der Waals surface area contributed by atoms with Crippen LogP contribution < -0.4 is 5.32 Å². The molecular weight excluding hydrogens is 260 g/mol. The second-order valence-corrected chi connectivity index (χ2v) is 4.48. The predicted octanol–water partition coefficient (Wildman–Crippen LogP) is 1.09. The van der Waals surface area contributed by atoms with Crippen molar-refractivity contribution in [1.82, 2.24) is 20.1 Å². The Morgan fingerprint density at radius 3 is 3.00 bits per heavy atom. The molecule has 0 aliphatic carbocycles. The van der Waals surface area contributed by atoms with E-state index in [1.807, 2.05) is 18.5 Å². The van der Waals surface area contributed by atoms with E-state index in [0.29, 0.717) is 5.76 Å². The van der Waals surface area contributed by atoms with Crippen LogP contribution in [0.15, 0.2) is 22.9 Å². The lowest BCUT2D eigenvalue weighted by molar-refractivity contribution is 0.0562. The van der Waals surface area contributed by atoms with Crippen molar-refractivity contribution in [3.05, 3.63) is 35.8 Å². The van der Waals surface area contributed by atoms with Crippen molar-refractivity contribution in [2.45, 2.75) is 19.4 Å². The maximum Gasteiger partial charge on any atom is 0.373 e. The van der Waals surface area contributed by atoms with Crippen LogP contribution in [0.2, 0.25) is 0 Å². The van der Waals surface area contributed by atoms with Crippen LogP contribution in [-0.2, 0) is 18.2 Å². The highest BCUT2D eigenvalue weighted by atomic mass is 16.5. The SMILES string of the molecule is COC(=O)c1ccc(C(C)NCCc2nncn2C)o1. The number of carbonyl (C=O) groups excluding carboxylic acids is 1. The molecule has 0 amide bonds. The van der Waals surface area contributed by atoms with Gasteiger partial charge in [-0.2, -0.15) is 0 Å². The Balaban J connectivity index is 1.85. The first kappa shape index (κ1) is 14.3. The number of nitrogens with zero attached hydrogens (tertiary/aromatic N) is 3. The van der Waals surface area contributed by atoms with Crippen LogP contribution >= 0.6 is 0 Å². The van der Waals surface area contributed by atoms with Gasteiger partial charge < -0.3 is 19.0 Å². The molecule has 2 aromatic heterocycles. The number of nitrogens with one attached hydrogen (secondary N) is 1. The highest BCUT2D eigenvalue weighted by Crippen LogP contribution is 2.16. The number of carbonyl (C=O) groups is 1. The van der Waals surface area contributed by atoms with Crippen LogP contribution in [0.5, 0.6) is 0 Å². The molecule has 0 fully saturated rings. The molecule has 108 valence electrons. The van der Waals surface area contributed by atoms with Gasteiger partial charge in [-0.15, -0.1) is 10.2 Å². The molecule has 7 nitrogen and oxygen atoms in total. The van der Waals surface area contributed by atoms with E-state index in [0.717, 1.165) is 18.8 Å². The lowest BCUT2D eigenvalue weighted by Crippen LogP contribution is -2.22. The molecule has 0 radical (unpaired) electrons. The number of hydrogen-bond acceptors (Lipinski definition) is 6. The van der Waals surface area contributed by atoms with Gasteiger partial charge in [-0.05, 0) is 19.1 Å². The zero-order chi connectivity index (χ0) is 14.5. The van der Waals surface area contributed by atoms with Gasteiger partial charge in [0.25, 0.3) is 0 Å². The van der Waals surface area contributed by atoms with Gasteiger partial charge in [-0.3, -0.25) is 0 Å². The van der Waals surface area contributed by atoms with Gasteiger partial charge in [-0.1, -0.05) is 0 Å². The molecule has 2 aromatic rings. The Labute approximate surface area is 116 Å². The van der Waals surface area contributed by atoms with Crippen molar-refractivity contribution in [2.24, 2.45) is 7.05 Å². The van der Waals surface area contributed by atoms with Gasteiger partial charge in [0.1, 0.15) is 17.9 Å². The van der Waals surface area contributed by atoms with Gasteiger partial charge in [0.15, 0.2) is 0 Å². The maximum absolute atomic E-state index is 11.3. The van der Waals surface area contributed by atoms with Crippen molar-refractivity contribution in [3.63, 3.8) is 0 Å². The number of furan rings is 1. The van der Waals surface area contributed by atoms with Crippen LogP contribution in [0.4, 0.5) is 0 Å². The Morgan fingerprint density at radius 1 is 1.55 bits per heavy atom. The molecule has 20 heavy (non-hydrogen) atoms. The third-order valence-corrected chi connectivity index (χ3v) is 3.04. The fourth-order valence-corrected chi connectivity index (χ4v) is 1.83. The second kappa shape index (κ2) is 6.33. The van der Waals surface area contributed by atoms with Crippen molar-refractivity contribution in [3.8, 4) is 0 Å². The number of ether oxygens (including phenoxy) is 1. The number of hydrogen-bond donors (Lipinski definition) is 1. The highest BCUT2D eigenvalue weighted by Gasteiger charge is 2.15. The third-order valence-electron chi connectivity index (χ3n) is 3.04. The van der Waals surface area contributed by atoms with Crippen LogP contribution in [0.25, 0.3) is 0 Å². The minimum absolute atomic E-state index is 0.00151. The smallest absolute Gasteiger partial charge is 0.373 e. The average molecular weight is 278 g/mol. The summed E-state index contributed by atoms with van der Waals surface area (Å²) in [5, 5.41) is 11.1. The van der Waals surface area contributed by atoms with Crippen molar-refractivity contribution in [2.75, 3.05) is 13.7 Å². The molecule has 0 saturated carbocycles. The van der Waals surface area contributed by atoms with E-state index in [1.165, 1.54) is 7.11 Å². The maximum atomic E-state index is 11.3. The van der Waals surface area contributed by atoms with Crippen molar-refractivity contribution < 1.29 is 13.9 Å². The van der Waals surface area contributed by atoms with E-state index in [2.05, 4.69) is 20.3 Å². The van der Waals surface area contributed by atoms with Crippen LogP contribution in [0.3, 0.4) is 0 Å². The number of esters is 1. The van der Waals surface area contributed by atoms with Gasteiger partial charge >= 0.3 is 5.97 Å². The first-order valence-corrected chi connectivity index (χ1v) is 6.36. The third kappa shape index (κ3) is 3.24. The highest BCUT2D eigenvalue weighted by molar-refractivity contribution is 5.86. The first-order chi connectivity index (χ1) is 9.61. The number of aromatic nitrogens is 3. The lowest BCUT2D eigenvalue weighted by Gasteiger charge is -2.10. The average Bonchev–Trinajstić information content (AvgIpc) is 3.07. The standard InChI is InChI=1S/C13H18N4O3/c1-9(10-4-5-11(20-10)13(18)19-3)14-7-6-12-16-15-8-17(12)2/h4-5,8-9,14H,6-7H2,1-3H3.